The highest BCUT2D eigenvalue weighted by Crippen LogP contribution is 2.12. The van der Waals surface area contributed by atoms with Crippen LogP contribution in [0.1, 0.15) is 41.5 Å². The first-order chi connectivity index (χ1) is 7.67. The Bertz CT molecular complexity index is 300. The summed E-state index contributed by atoms with van der Waals surface area (Å²) < 4.78 is 5.26. The van der Waals surface area contributed by atoms with E-state index in [1.54, 1.807) is 33.8 Å². The van der Waals surface area contributed by atoms with Gasteiger partial charge in [-0.3, -0.25) is 4.79 Å². The zero-order chi connectivity index (χ0) is 13.6. The van der Waals surface area contributed by atoms with Crippen LogP contribution in [0.3, 0.4) is 0 Å². The van der Waals surface area contributed by atoms with Crippen molar-refractivity contribution < 1.29 is 14.3 Å². The van der Waals surface area contributed by atoms with Gasteiger partial charge in [-0.15, -0.1) is 0 Å². The van der Waals surface area contributed by atoms with Crippen LogP contribution < -0.4 is 5.32 Å². The maximum Gasteiger partial charge on any atom is 0.329 e. The molecule has 0 saturated heterocycles. The van der Waals surface area contributed by atoms with E-state index >= 15 is 0 Å². The Kier molecular flexibility index (Phi) is 5.93. The number of hydrogen-bond acceptors (Lipinski definition) is 3. The van der Waals surface area contributed by atoms with E-state index in [-0.39, 0.29) is 11.8 Å². The molecule has 0 aliphatic carbocycles. The standard InChI is InChI=1S/C13H23NO3/c1-7-8-10(15)14-11(9(2)3)12(16)17-13(4,5)6/h7-9,11H,1-6H3,(H,14,15)/b8-7+/t11-/m1/s1. The van der Waals surface area contributed by atoms with Crippen LogP contribution in [-0.2, 0) is 14.3 Å². The maximum atomic E-state index is 11.9. The smallest absolute Gasteiger partial charge is 0.329 e. The number of amides is 1. The van der Waals surface area contributed by atoms with Gasteiger partial charge in [0.2, 0.25) is 5.91 Å². The van der Waals surface area contributed by atoms with E-state index in [4.69, 9.17) is 4.74 Å². The number of esters is 1. The number of carbonyl (C=O) groups excluding carboxylic acids is 2. The molecule has 0 rings (SSSR count). The van der Waals surface area contributed by atoms with Gasteiger partial charge in [0.1, 0.15) is 11.6 Å². The molecule has 0 aliphatic rings. The molecule has 98 valence electrons. The van der Waals surface area contributed by atoms with Crippen LogP contribution in [0.5, 0.6) is 0 Å². The first-order valence-corrected chi connectivity index (χ1v) is 5.83. The summed E-state index contributed by atoms with van der Waals surface area (Å²) in [6.45, 7) is 10.9. The summed E-state index contributed by atoms with van der Waals surface area (Å²) >= 11 is 0. The second kappa shape index (κ2) is 6.42. The van der Waals surface area contributed by atoms with E-state index in [0.29, 0.717) is 0 Å². The van der Waals surface area contributed by atoms with Crippen LogP contribution >= 0.6 is 0 Å². The molecule has 0 bridgehead atoms. The lowest BCUT2D eigenvalue weighted by molar-refractivity contribution is -0.159. The summed E-state index contributed by atoms with van der Waals surface area (Å²) in [6.07, 6.45) is 3.02. The molecule has 0 aliphatic heterocycles. The number of allylic oxidation sites excluding steroid dienone is 1. The van der Waals surface area contributed by atoms with Gasteiger partial charge < -0.3 is 10.1 Å². The predicted molar refractivity (Wildman–Crippen MR) is 67.4 cm³/mol. The van der Waals surface area contributed by atoms with Gasteiger partial charge in [-0.25, -0.2) is 4.79 Å². The van der Waals surface area contributed by atoms with Gasteiger partial charge >= 0.3 is 5.97 Å². The van der Waals surface area contributed by atoms with Gasteiger partial charge in [0, 0.05) is 0 Å². The highest BCUT2D eigenvalue weighted by atomic mass is 16.6. The minimum atomic E-state index is -0.613. The molecule has 4 heteroatoms. The van der Waals surface area contributed by atoms with Gasteiger partial charge in [0.05, 0.1) is 0 Å². The monoisotopic (exact) mass is 241 g/mol. The van der Waals surface area contributed by atoms with Crippen LogP contribution in [-0.4, -0.2) is 23.5 Å². The predicted octanol–water partition coefficient (Wildman–Crippen LogP) is 2.04. The van der Waals surface area contributed by atoms with E-state index in [1.807, 2.05) is 13.8 Å². The molecule has 1 amide bonds. The van der Waals surface area contributed by atoms with E-state index < -0.39 is 17.6 Å². The minimum absolute atomic E-state index is 0.0148. The molecule has 17 heavy (non-hydrogen) atoms. The number of nitrogens with one attached hydrogen (secondary N) is 1. The van der Waals surface area contributed by atoms with E-state index in [0.717, 1.165) is 0 Å². The molecule has 1 N–H and O–H groups in total. The average Bonchev–Trinajstić information content (AvgIpc) is 2.11. The second-order valence-corrected chi connectivity index (χ2v) is 5.26. The SMILES string of the molecule is C/C=C/C(=O)N[C@@H](C(=O)OC(C)(C)C)C(C)C. The normalized spacial score (nSPS) is 13.8. The summed E-state index contributed by atoms with van der Waals surface area (Å²) in [7, 11) is 0. The van der Waals surface area contributed by atoms with Crippen LogP contribution in [0.2, 0.25) is 0 Å². The molecular weight excluding hydrogens is 218 g/mol. The zero-order valence-electron chi connectivity index (χ0n) is 11.5. The Balaban J connectivity index is 4.64. The molecule has 0 spiro atoms. The highest BCUT2D eigenvalue weighted by Gasteiger charge is 2.28. The maximum absolute atomic E-state index is 11.9. The summed E-state index contributed by atoms with van der Waals surface area (Å²) in [5.74, 6) is -0.693. The molecule has 0 aromatic carbocycles. The van der Waals surface area contributed by atoms with Gasteiger partial charge in [0.15, 0.2) is 0 Å². The lowest BCUT2D eigenvalue weighted by Gasteiger charge is -2.26. The molecule has 0 aromatic heterocycles. The number of carbonyl (C=O) groups is 2. The Morgan fingerprint density at radius 3 is 2.12 bits per heavy atom. The largest absolute Gasteiger partial charge is 0.458 e. The Labute approximate surface area is 103 Å². The van der Waals surface area contributed by atoms with Crippen LogP contribution in [0, 0.1) is 5.92 Å². The Morgan fingerprint density at radius 2 is 1.76 bits per heavy atom. The van der Waals surface area contributed by atoms with E-state index in [2.05, 4.69) is 5.32 Å². The Hall–Kier alpha value is -1.32. The van der Waals surface area contributed by atoms with Gasteiger partial charge in [-0.2, -0.15) is 0 Å². The topological polar surface area (TPSA) is 55.4 Å². The van der Waals surface area contributed by atoms with Gasteiger partial charge in [0.25, 0.3) is 0 Å². The quantitative estimate of drug-likeness (QED) is 0.605. The first kappa shape index (κ1) is 15.7. The van der Waals surface area contributed by atoms with Crippen molar-refractivity contribution >= 4 is 11.9 Å². The highest BCUT2D eigenvalue weighted by molar-refractivity contribution is 5.91. The summed E-state index contributed by atoms with van der Waals surface area (Å²) in [5.41, 5.74) is -0.546. The molecular formula is C13H23NO3. The van der Waals surface area contributed by atoms with Gasteiger partial charge in [-0.1, -0.05) is 19.9 Å². The van der Waals surface area contributed by atoms with Crippen molar-refractivity contribution in [2.24, 2.45) is 5.92 Å². The lowest BCUT2D eigenvalue weighted by Crippen LogP contribution is -2.46. The van der Waals surface area contributed by atoms with Crippen molar-refractivity contribution in [3.8, 4) is 0 Å². The summed E-state index contributed by atoms with van der Waals surface area (Å²) in [6, 6.07) is -0.613. The molecule has 0 unspecified atom stereocenters. The first-order valence-electron chi connectivity index (χ1n) is 5.83. The van der Waals surface area contributed by atoms with Crippen molar-refractivity contribution in [1.29, 1.82) is 0 Å². The average molecular weight is 241 g/mol. The molecule has 0 fully saturated rings. The number of ether oxygens (including phenoxy) is 1. The summed E-state index contributed by atoms with van der Waals surface area (Å²) in [4.78, 5) is 23.3. The van der Waals surface area contributed by atoms with Crippen molar-refractivity contribution in [3.63, 3.8) is 0 Å². The van der Waals surface area contributed by atoms with Crippen LogP contribution in [0.15, 0.2) is 12.2 Å². The summed E-state index contributed by atoms with van der Waals surface area (Å²) in [5, 5.41) is 2.64. The third kappa shape index (κ3) is 6.76. The third-order valence-corrected chi connectivity index (χ3v) is 1.94. The van der Waals surface area contributed by atoms with E-state index in [1.165, 1.54) is 6.08 Å². The third-order valence-electron chi connectivity index (χ3n) is 1.94. The fourth-order valence-electron chi connectivity index (χ4n) is 1.22. The Morgan fingerprint density at radius 1 is 1.24 bits per heavy atom. The number of hydrogen-bond donors (Lipinski definition) is 1. The second-order valence-electron chi connectivity index (χ2n) is 5.26. The van der Waals surface area contributed by atoms with Crippen LogP contribution in [0.4, 0.5) is 0 Å². The lowest BCUT2D eigenvalue weighted by atomic mass is 10.0. The zero-order valence-corrected chi connectivity index (χ0v) is 11.5. The minimum Gasteiger partial charge on any atom is -0.458 e. The number of rotatable bonds is 4. The molecule has 0 radical (unpaired) electrons. The van der Waals surface area contributed by atoms with Crippen molar-refractivity contribution in [3.05, 3.63) is 12.2 Å². The molecule has 0 saturated carbocycles. The fourth-order valence-corrected chi connectivity index (χ4v) is 1.22. The molecule has 4 nitrogen and oxygen atoms in total. The van der Waals surface area contributed by atoms with Crippen molar-refractivity contribution in [2.75, 3.05) is 0 Å². The van der Waals surface area contributed by atoms with Crippen molar-refractivity contribution in [2.45, 2.75) is 53.2 Å². The van der Waals surface area contributed by atoms with Crippen molar-refractivity contribution in [1.82, 2.24) is 5.32 Å². The van der Waals surface area contributed by atoms with Crippen LogP contribution in [0.25, 0.3) is 0 Å². The molecule has 1 atom stereocenters. The molecule has 0 aromatic rings. The van der Waals surface area contributed by atoms with E-state index in [9.17, 15) is 9.59 Å². The van der Waals surface area contributed by atoms with Gasteiger partial charge in [-0.05, 0) is 39.7 Å². The molecule has 0 heterocycles. The fraction of sp³-hybridized carbons (Fsp3) is 0.692.